The van der Waals surface area contributed by atoms with E-state index in [1.807, 2.05) is 24.3 Å². The molecule has 4 heteroatoms. The van der Waals surface area contributed by atoms with Crippen molar-refractivity contribution >= 4 is 6.03 Å². The molecule has 2 rings (SSSR count). The van der Waals surface area contributed by atoms with Gasteiger partial charge in [0.15, 0.2) is 0 Å². The highest BCUT2D eigenvalue weighted by Crippen LogP contribution is 2.18. The molecular weight excluding hydrogens is 216 g/mol. The number of hydrogen-bond acceptors (Lipinski definition) is 2. The number of methoxy groups -OCH3 is 1. The van der Waals surface area contributed by atoms with Crippen molar-refractivity contribution in [2.24, 2.45) is 0 Å². The van der Waals surface area contributed by atoms with Crippen molar-refractivity contribution in [3.8, 4) is 0 Å². The van der Waals surface area contributed by atoms with Crippen molar-refractivity contribution in [1.29, 1.82) is 0 Å². The number of rotatable bonds is 5. The van der Waals surface area contributed by atoms with Crippen LogP contribution in [0.1, 0.15) is 24.0 Å². The molecule has 0 bridgehead atoms. The smallest absolute Gasteiger partial charge is 0.315 e. The third kappa shape index (κ3) is 4.07. The second-order valence-electron chi connectivity index (χ2n) is 4.35. The Bertz CT molecular complexity index is 389. The zero-order chi connectivity index (χ0) is 12.1. The van der Waals surface area contributed by atoms with Crippen LogP contribution in [-0.2, 0) is 17.9 Å². The van der Waals surface area contributed by atoms with Crippen LogP contribution < -0.4 is 10.6 Å². The molecule has 92 valence electrons. The number of hydrogen-bond donors (Lipinski definition) is 2. The van der Waals surface area contributed by atoms with E-state index in [0.717, 1.165) is 24.0 Å². The third-order valence-electron chi connectivity index (χ3n) is 2.67. The average Bonchev–Trinajstić information content (AvgIpc) is 3.11. The van der Waals surface area contributed by atoms with Crippen LogP contribution in [0.15, 0.2) is 24.3 Å². The van der Waals surface area contributed by atoms with Crippen molar-refractivity contribution in [3.63, 3.8) is 0 Å². The maximum atomic E-state index is 11.4. The molecule has 1 fully saturated rings. The number of benzene rings is 1. The number of carbonyl (C=O) groups excluding carboxylic acids is 1. The van der Waals surface area contributed by atoms with Gasteiger partial charge in [-0.25, -0.2) is 4.79 Å². The maximum absolute atomic E-state index is 11.4. The second kappa shape index (κ2) is 5.68. The van der Waals surface area contributed by atoms with E-state index in [4.69, 9.17) is 4.74 Å². The van der Waals surface area contributed by atoms with E-state index < -0.39 is 0 Å². The van der Waals surface area contributed by atoms with Crippen molar-refractivity contribution in [2.45, 2.75) is 32.0 Å². The lowest BCUT2D eigenvalue weighted by molar-refractivity contribution is 0.185. The Morgan fingerprint density at radius 3 is 2.88 bits per heavy atom. The molecule has 1 aliphatic carbocycles. The van der Waals surface area contributed by atoms with Crippen molar-refractivity contribution in [3.05, 3.63) is 35.4 Å². The van der Waals surface area contributed by atoms with Crippen molar-refractivity contribution < 1.29 is 9.53 Å². The lowest BCUT2D eigenvalue weighted by Gasteiger charge is -2.08. The molecule has 2 N–H and O–H groups in total. The topological polar surface area (TPSA) is 50.4 Å². The summed E-state index contributed by atoms with van der Waals surface area (Å²) in [6.45, 7) is 1.15. The largest absolute Gasteiger partial charge is 0.380 e. The fourth-order valence-corrected chi connectivity index (χ4v) is 1.64. The summed E-state index contributed by atoms with van der Waals surface area (Å²) < 4.78 is 5.07. The van der Waals surface area contributed by atoms with Gasteiger partial charge in [-0.3, -0.25) is 0 Å². The van der Waals surface area contributed by atoms with E-state index in [9.17, 15) is 4.79 Å². The monoisotopic (exact) mass is 234 g/mol. The summed E-state index contributed by atoms with van der Waals surface area (Å²) in [6, 6.07) is 8.35. The molecule has 2 amide bonds. The fourth-order valence-electron chi connectivity index (χ4n) is 1.64. The number of carbonyl (C=O) groups is 1. The SMILES string of the molecule is COCc1cccc(CNC(=O)NC2CC2)c1. The molecule has 1 saturated carbocycles. The highest BCUT2D eigenvalue weighted by molar-refractivity contribution is 5.74. The zero-order valence-corrected chi connectivity index (χ0v) is 10.0. The summed E-state index contributed by atoms with van der Waals surface area (Å²) in [6.07, 6.45) is 2.22. The summed E-state index contributed by atoms with van der Waals surface area (Å²) >= 11 is 0. The van der Waals surface area contributed by atoms with Gasteiger partial charge in [-0.1, -0.05) is 24.3 Å². The molecule has 0 spiro atoms. The van der Waals surface area contributed by atoms with Crippen molar-refractivity contribution in [2.75, 3.05) is 7.11 Å². The highest BCUT2D eigenvalue weighted by Gasteiger charge is 2.22. The first-order valence-corrected chi connectivity index (χ1v) is 5.89. The van der Waals surface area contributed by atoms with Gasteiger partial charge in [0.05, 0.1) is 6.61 Å². The van der Waals surface area contributed by atoms with Gasteiger partial charge in [0.25, 0.3) is 0 Å². The Morgan fingerprint density at radius 1 is 1.41 bits per heavy atom. The average molecular weight is 234 g/mol. The first-order valence-electron chi connectivity index (χ1n) is 5.89. The van der Waals surface area contributed by atoms with Crippen LogP contribution in [-0.4, -0.2) is 19.2 Å². The molecule has 0 aliphatic heterocycles. The lowest BCUT2D eigenvalue weighted by Crippen LogP contribution is -2.36. The predicted octanol–water partition coefficient (Wildman–Crippen LogP) is 1.79. The predicted molar refractivity (Wildman–Crippen MR) is 65.5 cm³/mol. The highest BCUT2D eigenvalue weighted by atomic mass is 16.5. The molecule has 17 heavy (non-hydrogen) atoms. The Balaban J connectivity index is 1.80. The van der Waals surface area contributed by atoms with Gasteiger partial charge in [-0.05, 0) is 24.0 Å². The Kier molecular flexibility index (Phi) is 3.98. The molecule has 0 radical (unpaired) electrons. The van der Waals surface area contributed by atoms with Crippen LogP contribution >= 0.6 is 0 Å². The van der Waals surface area contributed by atoms with E-state index in [-0.39, 0.29) is 6.03 Å². The maximum Gasteiger partial charge on any atom is 0.315 e. The minimum absolute atomic E-state index is 0.0790. The molecule has 0 atom stereocenters. The number of ether oxygens (including phenoxy) is 1. The molecule has 1 aromatic rings. The molecule has 0 saturated heterocycles. The van der Waals surface area contributed by atoms with Gasteiger partial charge in [0.1, 0.15) is 0 Å². The Morgan fingerprint density at radius 2 is 2.18 bits per heavy atom. The number of nitrogens with one attached hydrogen (secondary N) is 2. The van der Waals surface area contributed by atoms with Crippen LogP contribution in [0, 0.1) is 0 Å². The van der Waals surface area contributed by atoms with Gasteiger partial charge < -0.3 is 15.4 Å². The molecule has 1 aliphatic rings. The van der Waals surface area contributed by atoms with Crippen LogP contribution in [0.5, 0.6) is 0 Å². The molecule has 0 aromatic heterocycles. The molecule has 4 nitrogen and oxygen atoms in total. The zero-order valence-electron chi connectivity index (χ0n) is 10.0. The summed E-state index contributed by atoms with van der Waals surface area (Å²) in [5.74, 6) is 0. The summed E-state index contributed by atoms with van der Waals surface area (Å²) in [4.78, 5) is 11.4. The number of urea groups is 1. The lowest BCUT2D eigenvalue weighted by atomic mass is 10.1. The van der Waals surface area contributed by atoms with Gasteiger partial charge in [-0.15, -0.1) is 0 Å². The van der Waals surface area contributed by atoms with E-state index in [1.54, 1.807) is 7.11 Å². The summed E-state index contributed by atoms with van der Waals surface area (Å²) in [7, 11) is 1.67. The number of amides is 2. The molecular formula is C13H18N2O2. The van der Waals surface area contributed by atoms with Crippen LogP contribution in [0.3, 0.4) is 0 Å². The van der Waals surface area contributed by atoms with Crippen LogP contribution in [0.2, 0.25) is 0 Å². The second-order valence-corrected chi connectivity index (χ2v) is 4.35. The Labute approximate surface area is 101 Å². The summed E-state index contributed by atoms with van der Waals surface area (Å²) in [5, 5.41) is 5.74. The van der Waals surface area contributed by atoms with E-state index >= 15 is 0 Å². The molecule has 0 heterocycles. The molecule has 1 aromatic carbocycles. The first kappa shape index (κ1) is 11.9. The summed E-state index contributed by atoms with van der Waals surface area (Å²) in [5.41, 5.74) is 2.21. The minimum Gasteiger partial charge on any atom is -0.380 e. The van der Waals surface area contributed by atoms with Gasteiger partial charge in [0, 0.05) is 19.7 Å². The molecule has 0 unspecified atom stereocenters. The van der Waals surface area contributed by atoms with Gasteiger partial charge in [0.2, 0.25) is 0 Å². The van der Waals surface area contributed by atoms with Crippen LogP contribution in [0.4, 0.5) is 4.79 Å². The Hall–Kier alpha value is -1.55. The van der Waals surface area contributed by atoms with Gasteiger partial charge >= 0.3 is 6.03 Å². The first-order chi connectivity index (χ1) is 8.28. The standard InChI is InChI=1S/C13H18N2O2/c1-17-9-11-4-2-3-10(7-11)8-14-13(16)15-12-5-6-12/h2-4,7,12H,5-6,8-9H2,1H3,(H2,14,15,16). The van der Waals surface area contributed by atoms with E-state index in [0.29, 0.717) is 19.2 Å². The fraction of sp³-hybridized carbons (Fsp3) is 0.462. The minimum atomic E-state index is -0.0790. The van der Waals surface area contributed by atoms with E-state index in [1.165, 1.54) is 0 Å². The van der Waals surface area contributed by atoms with Crippen molar-refractivity contribution in [1.82, 2.24) is 10.6 Å². The van der Waals surface area contributed by atoms with E-state index in [2.05, 4.69) is 10.6 Å². The normalized spacial score (nSPS) is 14.4. The van der Waals surface area contributed by atoms with Gasteiger partial charge in [-0.2, -0.15) is 0 Å². The van der Waals surface area contributed by atoms with Crippen LogP contribution in [0.25, 0.3) is 0 Å². The third-order valence-corrected chi connectivity index (χ3v) is 2.67. The quantitative estimate of drug-likeness (QED) is 0.816.